The van der Waals surface area contributed by atoms with E-state index >= 15 is 0 Å². The van der Waals surface area contributed by atoms with Gasteiger partial charge in [0.1, 0.15) is 5.60 Å². The number of hydrogen-bond acceptors (Lipinski definition) is 6. The van der Waals surface area contributed by atoms with Crippen molar-refractivity contribution in [3.05, 3.63) is 83.4 Å². The van der Waals surface area contributed by atoms with Gasteiger partial charge in [-0.15, -0.1) is 0 Å². The Morgan fingerprint density at radius 2 is 1.37 bits per heavy atom. The van der Waals surface area contributed by atoms with Gasteiger partial charge in [0.2, 0.25) is 5.92 Å². The Morgan fingerprint density at radius 3 is 1.85 bits per heavy atom. The molecule has 6 nitrogen and oxygen atoms in total. The molecular formula is C44H62F3NO5S. The second-order valence-electron chi connectivity index (χ2n) is 15.9. The summed E-state index contributed by atoms with van der Waals surface area (Å²) in [6.45, 7) is 9.76. The first kappa shape index (κ1) is 45.2. The SMILES string of the molecule is CCCCCCCC(F)(F)CCCCCCC/C=C(\C(=O)N1C(=S)OC(c2ccccc2)(c2ccccc2)[C@@H]1C(C)C)[C@@](O)(CCF)C(=O)OC(C)(C)C. The monoisotopic (exact) mass is 773 g/mol. The van der Waals surface area contributed by atoms with Crippen molar-refractivity contribution >= 4 is 29.3 Å². The minimum Gasteiger partial charge on any atom is -0.458 e. The van der Waals surface area contributed by atoms with Crippen molar-refractivity contribution in [1.82, 2.24) is 4.90 Å². The Balaban J connectivity index is 1.90. The molecule has 1 saturated heterocycles. The van der Waals surface area contributed by atoms with Crippen LogP contribution in [0.4, 0.5) is 13.2 Å². The standard InChI is InChI=1S/C44H62F3NO5S/c1-7-8-9-13-22-29-42(46,47)30-23-14-11-10-12-21-28-36(43(51,31-32-45)39(50)52-41(4,5)6)38(49)48-37(33(2)3)44(53-40(48)54,34-24-17-15-18-25-34)35-26-19-16-20-27-35/h15-20,24-28,33,37,51H,7-14,21-23,29-32H2,1-6H3/b36-28+/t37-,43-/m0/s1. The van der Waals surface area contributed by atoms with E-state index in [0.717, 1.165) is 36.8 Å². The number of halogens is 3. The smallest absolute Gasteiger partial charge is 0.343 e. The molecule has 1 heterocycles. The lowest BCUT2D eigenvalue weighted by atomic mass is 9.75. The Kier molecular flexibility index (Phi) is 17.2. The molecule has 54 heavy (non-hydrogen) atoms. The van der Waals surface area contributed by atoms with Gasteiger partial charge in [0.05, 0.1) is 18.3 Å². The highest BCUT2D eigenvalue weighted by Gasteiger charge is 2.59. The maximum Gasteiger partial charge on any atom is 0.343 e. The molecule has 10 heteroatoms. The first-order chi connectivity index (χ1) is 25.5. The molecule has 0 radical (unpaired) electrons. The fraction of sp³-hybridized carbons (Fsp3) is 0.614. The molecule has 3 rings (SSSR count). The summed E-state index contributed by atoms with van der Waals surface area (Å²) in [4.78, 5) is 30.0. The van der Waals surface area contributed by atoms with Gasteiger partial charge in [-0.05, 0) is 64.6 Å². The van der Waals surface area contributed by atoms with Crippen LogP contribution in [0.1, 0.15) is 143 Å². The summed E-state index contributed by atoms with van der Waals surface area (Å²) in [6.07, 6.45) is 8.39. The highest BCUT2D eigenvalue weighted by molar-refractivity contribution is 7.80. The summed E-state index contributed by atoms with van der Waals surface area (Å²) in [6, 6.07) is 18.2. The van der Waals surface area contributed by atoms with E-state index in [-0.39, 0.29) is 35.9 Å². The fourth-order valence-electron chi connectivity index (χ4n) is 7.34. The summed E-state index contributed by atoms with van der Waals surface area (Å²) < 4.78 is 55.3. The first-order valence-electron chi connectivity index (χ1n) is 19.8. The van der Waals surface area contributed by atoms with Gasteiger partial charge in [-0.2, -0.15) is 0 Å². The quantitative estimate of drug-likeness (QED) is 0.0556. The van der Waals surface area contributed by atoms with E-state index in [0.29, 0.717) is 38.5 Å². The first-order valence-corrected chi connectivity index (χ1v) is 20.2. The van der Waals surface area contributed by atoms with Gasteiger partial charge < -0.3 is 14.6 Å². The van der Waals surface area contributed by atoms with Crippen molar-refractivity contribution in [2.45, 2.75) is 160 Å². The lowest BCUT2D eigenvalue weighted by molar-refractivity contribution is -0.175. The second-order valence-corrected chi connectivity index (χ2v) is 16.3. The summed E-state index contributed by atoms with van der Waals surface area (Å²) in [5.41, 5.74) is -3.71. The van der Waals surface area contributed by atoms with Gasteiger partial charge >= 0.3 is 5.97 Å². The van der Waals surface area contributed by atoms with Crippen LogP contribution in [-0.4, -0.2) is 56.9 Å². The van der Waals surface area contributed by atoms with E-state index in [1.54, 1.807) is 20.8 Å². The van der Waals surface area contributed by atoms with Gasteiger partial charge in [-0.1, -0.05) is 132 Å². The van der Waals surface area contributed by atoms with E-state index in [1.807, 2.05) is 74.5 Å². The largest absolute Gasteiger partial charge is 0.458 e. The molecule has 2 atom stereocenters. The van der Waals surface area contributed by atoms with Gasteiger partial charge in [-0.25, -0.2) is 13.6 Å². The van der Waals surface area contributed by atoms with Crippen molar-refractivity contribution in [1.29, 1.82) is 0 Å². The molecule has 1 aliphatic heterocycles. The lowest BCUT2D eigenvalue weighted by Crippen LogP contribution is -2.54. The Hall–Kier alpha value is -3.24. The number of ether oxygens (including phenoxy) is 2. The molecule has 0 aliphatic carbocycles. The topological polar surface area (TPSA) is 76.1 Å². The molecule has 1 fully saturated rings. The van der Waals surface area contributed by atoms with E-state index in [2.05, 4.69) is 6.92 Å². The summed E-state index contributed by atoms with van der Waals surface area (Å²) in [5, 5.41) is 11.9. The highest BCUT2D eigenvalue weighted by atomic mass is 32.1. The number of amides is 1. The zero-order valence-corrected chi connectivity index (χ0v) is 34.0. The van der Waals surface area contributed by atoms with Crippen molar-refractivity contribution in [2.24, 2.45) is 5.92 Å². The molecular weight excluding hydrogens is 712 g/mol. The number of nitrogens with zero attached hydrogens (tertiary/aromatic N) is 1. The van der Waals surface area contributed by atoms with E-state index in [4.69, 9.17) is 21.7 Å². The maximum absolute atomic E-state index is 15.0. The van der Waals surface area contributed by atoms with Crippen LogP contribution in [0.15, 0.2) is 72.3 Å². The Morgan fingerprint density at radius 1 is 0.870 bits per heavy atom. The summed E-state index contributed by atoms with van der Waals surface area (Å²) in [5.74, 6) is -4.81. The molecule has 1 aliphatic rings. The highest BCUT2D eigenvalue weighted by Crippen LogP contribution is 2.48. The molecule has 1 amide bonds. The predicted molar refractivity (Wildman–Crippen MR) is 213 cm³/mol. The molecule has 0 spiro atoms. The van der Waals surface area contributed by atoms with Gasteiger partial charge in [0.25, 0.3) is 11.1 Å². The van der Waals surface area contributed by atoms with Crippen molar-refractivity contribution < 1.29 is 37.3 Å². The molecule has 1 N–H and O–H groups in total. The van der Waals surface area contributed by atoms with E-state index < -0.39 is 53.7 Å². The molecule has 0 unspecified atom stereocenters. The third-order valence-corrected chi connectivity index (χ3v) is 10.3. The predicted octanol–water partition coefficient (Wildman–Crippen LogP) is 11.2. The number of allylic oxidation sites excluding steroid dienone is 1. The molecule has 2 aromatic carbocycles. The van der Waals surface area contributed by atoms with Crippen LogP contribution >= 0.6 is 12.2 Å². The number of thiocarbonyl (C=S) groups is 1. The Labute approximate surface area is 326 Å². The van der Waals surface area contributed by atoms with E-state index in [9.17, 15) is 27.9 Å². The van der Waals surface area contributed by atoms with Crippen LogP contribution in [0.25, 0.3) is 0 Å². The third kappa shape index (κ3) is 11.9. The number of rotatable bonds is 22. The van der Waals surface area contributed by atoms with Crippen LogP contribution in [-0.2, 0) is 24.7 Å². The number of esters is 1. The second kappa shape index (κ2) is 20.6. The number of benzene rings is 2. The minimum atomic E-state index is -2.65. The molecule has 300 valence electrons. The van der Waals surface area contributed by atoms with Crippen LogP contribution < -0.4 is 0 Å². The Bertz CT molecular complexity index is 1470. The summed E-state index contributed by atoms with van der Waals surface area (Å²) in [7, 11) is 0. The zero-order valence-electron chi connectivity index (χ0n) is 33.2. The van der Waals surface area contributed by atoms with Gasteiger partial charge in [0, 0.05) is 30.4 Å². The lowest BCUT2D eigenvalue weighted by Gasteiger charge is -2.39. The molecule has 0 saturated carbocycles. The minimum absolute atomic E-state index is 0.0707. The van der Waals surface area contributed by atoms with Crippen LogP contribution in [0.2, 0.25) is 0 Å². The fourth-order valence-corrected chi connectivity index (χ4v) is 7.67. The number of unbranched alkanes of at least 4 members (excludes halogenated alkanes) is 9. The number of hydrogen-bond donors (Lipinski definition) is 1. The molecule has 0 bridgehead atoms. The van der Waals surface area contributed by atoms with Gasteiger partial charge in [0.15, 0.2) is 11.2 Å². The normalized spacial score (nSPS) is 17.4. The molecule has 0 aromatic heterocycles. The number of aliphatic hydroxyl groups is 1. The average molecular weight is 774 g/mol. The van der Waals surface area contributed by atoms with Crippen LogP contribution in [0, 0.1) is 5.92 Å². The van der Waals surface area contributed by atoms with Crippen molar-refractivity contribution in [3.63, 3.8) is 0 Å². The molecule has 2 aromatic rings. The van der Waals surface area contributed by atoms with Crippen molar-refractivity contribution in [2.75, 3.05) is 6.67 Å². The van der Waals surface area contributed by atoms with Crippen LogP contribution in [0.5, 0.6) is 0 Å². The maximum atomic E-state index is 15.0. The number of carbonyl (C=O) groups excluding carboxylic acids is 2. The third-order valence-electron chi connectivity index (χ3n) is 10.0. The van der Waals surface area contributed by atoms with Gasteiger partial charge in [-0.3, -0.25) is 14.1 Å². The van der Waals surface area contributed by atoms with Crippen LogP contribution in [0.3, 0.4) is 0 Å². The average Bonchev–Trinajstić information content (AvgIpc) is 3.44. The zero-order chi connectivity index (χ0) is 40.0. The number of carbonyl (C=O) groups is 2. The summed E-state index contributed by atoms with van der Waals surface area (Å²) >= 11 is 5.81. The van der Waals surface area contributed by atoms with E-state index in [1.165, 1.54) is 11.0 Å². The van der Waals surface area contributed by atoms with Crippen molar-refractivity contribution in [3.8, 4) is 0 Å². The number of alkyl halides is 3.